The van der Waals surface area contributed by atoms with E-state index in [1.54, 1.807) is 47.4 Å². The lowest BCUT2D eigenvalue weighted by molar-refractivity contribution is -0.121. The second-order valence-electron chi connectivity index (χ2n) is 6.81. The van der Waals surface area contributed by atoms with Crippen LogP contribution in [0.3, 0.4) is 0 Å². The number of hydrogen-bond acceptors (Lipinski definition) is 3. The van der Waals surface area contributed by atoms with Crippen LogP contribution in [0.15, 0.2) is 48.5 Å². The van der Waals surface area contributed by atoms with Gasteiger partial charge in [0.2, 0.25) is 5.91 Å². The lowest BCUT2D eigenvalue weighted by atomic mass is 10.0. The summed E-state index contributed by atoms with van der Waals surface area (Å²) in [6.45, 7) is 0.936. The molecule has 2 aromatic carbocycles. The Labute approximate surface area is 179 Å². The summed E-state index contributed by atoms with van der Waals surface area (Å²) in [5.74, 6) is -0.688. The van der Waals surface area contributed by atoms with Gasteiger partial charge in [-0.15, -0.1) is 0 Å². The van der Waals surface area contributed by atoms with E-state index < -0.39 is 0 Å². The Morgan fingerprint density at radius 3 is 2.34 bits per heavy atom. The van der Waals surface area contributed by atoms with E-state index in [9.17, 15) is 14.4 Å². The van der Waals surface area contributed by atoms with Gasteiger partial charge in [0.05, 0.1) is 17.1 Å². The average molecular weight is 434 g/mol. The molecule has 3 rings (SSSR count). The number of hydrogen-bond donors (Lipinski definition) is 2. The summed E-state index contributed by atoms with van der Waals surface area (Å²) in [6, 6.07) is 13.5. The van der Waals surface area contributed by atoms with E-state index in [1.807, 2.05) is 6.07 Å². The van der Waals surface area contributed by atoms with E-state index in [0.29, 0.717) is 47.1 Å². The molecule has 1 aliphatic heterocycles. The highest BCUT2D eigenvalue weighted by Crippen LogP contribution is 2.23. The Kier molecular flexibility index (Phi) is 7.12. The van der Waals surface area contributed by atoms with Crippen LogP contribution in [-0.4, -0.2) is 48.3 Å². The second kappa shape index (κ2) is 9.76. The summed E-state index contributed by atoms with van der Waals surface area (Å²) in [6.07, 6.45) is 1.27. The summed E-state index contributed by atoms with van der Waals surface area (Å²) in [5, 5.41) is 6.32. The smallest absolute Gasteiger partial charge is 0.255 e. The molecule has 0 saturated carbocycles. The second-order valence-corrected chi connectivity index (χ2v) is 7.65. The molecule has 0 aromatic heterocycles. The minimum atomic E-state index is -0.291. The molecule has 0 atom stereocenters. The molecular formula is C21H21Cl2N3O3. The van der Waals surface area contributed by atoms with Crippen molar-refractivity contribution < 1.29 is 14.4 Å². The number of likely N-dealkylation sites (tertiary alicyclic amines) is 1. The Morgan fingerprint density at radius 2 is 1.69 bits per heavy atom. The van der Waals surface area contributed by atoms with Gasteiger partial charge in [0.25, 0.3) is 11.8 Å². The highest BCUT2D eigenvalue weighted by atomic mass is 35.5. The number of piperidine rings is 1. The van der Waals surface area contributed by atoms with Gasteiger partial charge in [-0.3, -0.25) is 14.4 Å². The van der Waals surface area contributed by atoms with Crippen molar-refractivity contribution in [3.8, 4) is 0 Å². The summed E-state index contributed by atoms with van der Waals surface area (Å²) >= 11 is 12.0. The number of nitrogens with zero attached hydrogens (tertiary/aromatic N) is 1. The summed E-state index contributed by atoms with van der Waals surface area (Å²) in [4.78, 5) is 38.5. The van der Waals surface area contributed by atoms with Crippen molar-refractivity contribution in [2.75, 3.05) is 19.6 Å². The van der Waals surface area contributed by atoms with E-state index in [0.717, 1.165) is 0 Å². The first-order chi connectivity index (χ1) is 13.9. The molecule has 1 fully saturated rings. The molecule has 8 heteroatoms. The molecule has 0 bridgehead atoms. The normalized spacial score (nSPS) is 14.3. The Bertz CT molecular complexity index is 897. The highest BCUT2D eigenvalue weighted by Gasteiger charge is 2.25. The van der Waals surface area contributed by atoms with E-state index in [-0.39, 0.29) is 30.3 Å². The predicted octanol–water partition coefficient (Wildman–Crippen LogP) is 3.14. The largest absolute Gasteiger partial charge is 0.352 e. The van der Waals surface area contributed by atoms with Gasteiger partial charge in [-0.1, -0.05) is 41.4 Å². The minimum Gasteiger partial charge on any atom is -0.352 e. The number of benzene rings is 2. The topological polar surface area (TPSA) is 78.5 Å². The molecule has 3 amide bonds. The maximum atomic E-state index is 12.6. The highest BCUT2D eigenvalue weighted by molar-refractivity contribution is 6.36. The van der Waals surface area contributed by atoms with E-state index in [2.05, 4.69) is 10.6 Å². The maximum absolute atomic E-state index is 12.6. The first-order valence-corrected chi connectivity index (χ1v) is 10.1. The molecule has 1 saturated heterocycles. The third-order valence-electron chi connectivity index (χ3n) is 4.75. The quantitative estimate of drug-likeness (QED) is 0.759. The van der Waals surface area contributed by atoms with Gasteiger partial charge in [0, 0.05) is 29.7 Å². The molecule has 0 spiro atoms. The van der Waals surface area contributed by atoms with Gasteiger partial charge < -0.3 is 15.5 Å². The summed E-state index contributed by atoms with van der Waals surface area (Å²) in [7, 11) is 0. The molecule has 29 heavy (non-hydrogen) atoms. The molecular weight excluding hydrogens is 413 g/mol. The van der Waals surface area contributed by atoms with Crippen molar-refractivity contribution in [1.29, 1.82) is 0 Å². The SMILES string of the molecule is O=C(CNC(=O)c1ccccc1)NC1CCN(C(=O)c2ccc(Cl)cc2Cl)CC1. The molecule has 2 aromatic rings. The minimum absolute atomic E-state index is 0.0409. The van der Waals surface area contributed by atoms with E-state index in [1.165, 1.54) is 0 Å². The Balaban J connectivity index is 1.44. The van der Waals surface area contributed by atoms with Gasteiger partial charge in [-0.05, 0) is 43.2 Å². The van der Waals surface area contributed by atoms with Crippen LogP contribution in [0.4, 0.5) is 0 Å². The fourth-order valence-corrected chi connectivity index (χ4v) is 3.68. The molecule has 0 aliphatic carbocycles. The number of carbonyl (C=O) groups is 3. The average Bonchev–Trinajstić information content (AvgIpc) is 2.73. The van der Waals surface area contributed by atoms with Crippen molar-refractivity contribution in [2.24, 2.45) is 0 Å². The molecule has 0 unspecified atom stereocenters. The Hall–Kier alpha value is -2.57. The molecule has 1 heterocycles. The van der Waals surface area contributed by atoms with E-state index in [4.69, 9.17) is 23.2 Å². The zero-order valence-corrected chi connectivity index (χ0v) is 17.2. The number of nitrogens with one attached hydrogen (secondary N) is 2. The van der Waals surface area contributed by atoms with Crippen LogP contribution in [0.25, 0.3) is 0 Å². The van der Waals surface area contributed by atoms with Gasteiger partial charge in [0.15, 0.2) is 0 Å². The van der Waals surface area contributed by atoms with Crippen molar-refractivity contribution >= 4 is 40.9 Å². The van der Waals surface area contributed by atoms with Gasteiger partial charge >= 0.3 is 0 Å². The van der Waals surface area contributed by atoms with Crippen molar-refractivity contribution in [3.05, 3.63) is 69.7 Å². The van der Waals surface area contributed by atoms with Crippen LogP contribution < -0.4 is 10.6 Å². The van der Waals surface area contributed by atoms with Crippen LogP contribution in [0, 0.1) is 0 Å². The Morgan fingerprint density at radius 1 is 1.00 bits per heavy atom. The standard InChI is InChI=1S/C21H21Cl2N3O3/c22-15-6-7-17(18(23)12-15)21(29)26-10-8-16(9-11-26)25-19(27)13-24-20(28)14-4-2-1-3-5-14/h1-7,12,16H,8-11,13H2,(H,24,28)(H,25,27). The predicted molar refractivity (Wildman–Crippen MR) is 112 cm³/mol. The van der Waals surface area contributed by atoms with Crippen LogP contribution >= 0.6 is 23.2 Å². The third kappa shape index (κ3) is 5.71. The number of rotatable bonds is 5. The fraction of sp³-hybridized carbons (Fsp3) is 0.286. The van der Waals surface area contributed by atoms with Crippen molar-refractivity contribution in [3.63, 3.8) is 0 Å². The lowest BCUT2D eigenvalue weighted by Gasteiger charge is -2.32. The van der Waals surface area contributed by atoms with Crippen LogP contribution in [0.2, 0.25) is 10.0 Å². The van der Waals surface area contributed by atoms with Crippen LogP contribution in [0.1, 0.15) is 33.6 Å². The van der Waals surface area contributed by atoms with Gasteiger partial charge in [0.1, 0.15) is 0 Å². The third-order valence-corrected chi connectivity index (χ3v) is 5.30. The fourth-order valence-electron chi connectivity index (χ4n) is 3.19. The molecule has 1 aliphatic rings. The van der Waals surface area contributed by atoms with Crippen molar-refractivity contribution in [2.45, 2.75) is 18.9 Å². The molecule has 0 radical (unpaired) electrons. The maximum Gasteiger partial charge on any atom is 0.255 e. The van der Waals surface area contributed by atoms with Crippen LogP contribution in [-0.2, 0) is 4.79 Å². The van der Waals surface area contributed by atoms with E-state index >= 15 is 0 Å². The first-order valence-electron chi connectivity index (χ1n) is 9.31. The van der Waals surface area contributed by atoms with Crippen molar-refractivity contribution in [1.82, 2.24) is 15.5 Å². The zero-order chi connectivity index (χ0) is 20.8. The lowest BCUT2D eigenvalue weighted by Crippen LogP contribution is -2.48. The monoisotopic (exact) mass is 433 g/mol. The summed E-state index contributed by atoms with van der Waals surface area (Å²) in [5.41, 5.74) is 0.926. The van der Waals surface area contributed by atoms with Gasteiger partial charge in [-0.25, -0.2) is 0 Å². The molecule has 152 valence electrons. The number of amides is 3. The van der Waals surface area contributed by atoms with Crippen LogP contribution in [0.5, 0.6) is 0 Å². The zero-order valence-electron chi connectivity index (χ0n) is 15.7. The molecule has 6 nitrogen and oxygen atoms in total. The summed E-state index contributed by atoms with van der Waals surface area (Å²) < 4.78 is 0. The molecule has 2 N–H and O–H groups in total. The first kappa shape index (κ1) is 21.1. The van der Waals surface area contributed by atoms with Gasteiger partial charge in [-0.2, -0.15) is 0 Å². The number of carbonyl (C=O) groups excluding carboxylic acids is 3. The number of halogens is 2.